The van der Waals surface area contributed by atoms with Crippen LogP contribution in [0.15, 0.2) is 30.5 Å². The average molecular weight is 513 g/mol. The summed E-state index contributed by atoms with van der Waals surface area (Å²) in [7, 11) is 0. The Bertz CT molecular complexity index is 1190. The van der Waals surface area contributed by atoms with E-state index < -0.39 is 65.0 Å². The van der Waals surface area contributed by atoms with Crippen molar-refractivity contribution in [3.05, 3.63) is 53.4 Å². The van der Waals surface area contributed by atoms with E-state index in [1.165, 1.54) is 19.2 Å². The van der Waals surface area contributed by atoms with Crippen LogP contribution < -0.4 is 15.8 Å². The van der Waals surface area contributed by atoms with Crippen molar-refractivity contribution in [2.24, 2.45) is 11.7 Å². The summed E-state index contributed by atoms with van der Waals surface area (Å²) < 4.78 is 82.4. The highest BCUT2D eigenvalue weighted by Crippen LogP contribution is 2.55. The van der Waals surface area contributed by atoms with Crippen LogP contribution in [-0.4, -0.2) is 40.8 Å². The van der Waals surface area contributed by atoms with Gasteiger partial charge < -0.3 is 20.5 Å². The first-order valence-electron chi connectivity index (χ1n) is 11.3. The number of carbonyl (C=O) groups excluding carboxylic acids is 2. The van der Waals surface area contributed by atoms with Crippen LogP contribution in [0.3, 0.4) is 0 Å². The zero-order valence-corrected chi connectivity index (χ0v) is 19.4. The Labute approximate surface area is 203 Å². The number of nitrogens with two attached hydrogens (primary N) is 1. The molecule has 194 valence electrons. The highest BCUT2D eigenvalue weighted by Gasteiger charge is 2.66. The first-order chi connectivity index (χ1) is 16.8. The topological polar surface area (TPSA) is 104 Å². The molecule has 36 heavy (non-hydrogen) atoms. The zero-order chi connectivity index (χ0) is 26.4. The third-order valence-corrected chi connectivity index (χ3v) is 6.98. The number of anilines is 1. The van der Waals surface area contributed by atoms with E-state index >= 15 is 0 Å². The molecule has 3 N–H and O–H groups in total. The Morgan fingerprint density at radius 2 is 1.92 bits per heavy atom. The number of primary amides is 1. The summed E-state index contributed by atoms with van der Waals surface area (Å²) in [5, 5.41) is 2.41. The van der Waals surface area contributed by atoms with Crippen LogP contribution in [0.1, 0.15) is 55.1 Å². The average Bonchev–Trinajstić information content (AvgIpc) is 3.05. The summed E-state index contributed by atoms with van der Waals surface area (Å²) >= 11 is 0. The maximum Gasteiger partial charge on any atom is 0.417 e. The molecule has 0 unspecified atom stereocenters. The van der Waals surface area contributed by atoms with Gasteiger partial charge in [-0.25, -0.2) is 4.39 Å². The first kappa shape index (κ1) is 25.8. The number of carbonyl (C=O) groups is 2. The van der Waals surface area contributed by atoms with Crippen LogP contribution in [0, 0.1) is 17.6 Å². The van der Waals surface area contributed by atoms with Gasteiger partial charge >= 0.3 is 6.18 Å². The van der Waals surface area contributed by atoms with E-state index in [-0.39, 0.29) is 16.9 Å². The number of hydrogen-bond acceptors (Lipinski definition) is 5. The number of nitrogens with one attached hydrogen (secondary N) is 1. The summed E-state index contributed by atoms with van der Waals surface area (Å²) in [5.74, 6) is -7.69. The van der Waals surface area contributed by atoms with Crippen LogP contribution in [-0.2, 0) is 9.53 Å². The van der Waals surface area contributed by atoms with Crippen LogP contribution in [0.4, 0.5) is 27.6 Å². The Morgan fingerprint density at radius 1 is 1.22 bits per heavy atom. The van der Waals surface area contributed by atoms with Crippen molar-refractivity contribution in [2.75, 3.05) is 5.32 Å². The van der Waals surface area contributed by atoms with Crippen molar-refractivity contribution in [1.82, 2.24) is 4.98 Å². The maximum atomic E-state index is 14.9. The van der Waals surface area contributed by atoms with Gasteiger partial charge in [-0.15, -0.1) is 0 Å². The third-order valence-electron chi connectivity index (χ3n) is 6.98. The van der Waals surface area contributed by atoms with Crippen molar-refractivity contribution in [2.45, 2.75) is 63.0 Å². The summed E-state index contributed by atoms with van der Waals surface area (Å²) in [4.78, 5) is 28.4. The van der Waals surface area contributed by atoms with Crippen LogP contribution in [0.2, 0.25) is 0 Å². The lowest BCUT2D eigenvalue weighted by atomic mass is 9.76. The number of alkyl halides is 3. The zero-order valence-electron chi connectivity index (χ0n) is 19.4. The van der Waals surface area contributed by atoms with Gasteiger partial charge in [0.05, 0.1) is 6.10 Å². The lowest BCUT2D eigenvalue weighted by Gasteiger charge is -2.32. The van der Waals surface area contributed by atoms with Gasteiger partial charge in [-0.2, -0.15) is 17.6 Å². The fourth-order valence-electron chi connectivity index (χ4n) is 4.46. The Morgan fingerprint density at radius 3 is 2.50 bits per heavy atom. The molecule has 0 spiro atoms. The molecule has 0 radical (unpaired) electrons. The lowest BCUT2D eigenvalue weighted by Crippen LogP contribution is -2.47. The molecule has 2 amide bonds. The van der Waals surface area contributed by atoms with Gasteiger partial charge in [-0.1, -0.05) is 13.0 Å². The second-order valence-electron chi connectivity index (χ2n) is 9.19. The van der Waals surface area contributed by atoms with Gasteiger partial charge in [0.2, 0.25) is 5.82 Å². The fraction of sp³-hybridized carbons (Fsp3) is 0.458. The van der Waals surface area contributed by atoms with Crippen molar-refractivity contribution in [1.29, 1.82) is 0 Å². The molecule has 0 bridgehead atoms. The molecule has 2 aromatic rings. The summed E-state index contributed by atoms with van der Waals surface area (Å²) in [5.41, 5.74) is 2.16. The van der Waals surface area contributed by atoms with Gasteiger partial charge in [-0.3, -0.25) is 14.6 Å². The minimum atomic E-state index is -4.89. The fourth-order valence-corrected chi connectivity index (χ4v) is 4.46. The quantitative estimate of drug-likeness (QED) is 0.555. The minimum absolute atomic E-state index is 0.0376. The Kier molecular flexibility index (Phi) is 6.67. The number of aromatic nitrogens is 1. The number of amides is 2. The van der Waals surface area contributed by atoms with E-state index in [4.69, 9.17) is 15.2 Å². The second kappa shape index (κ2) is 9.30. The molecule has 1 aromatic carbocycles. The van der Waals surface area contributed by atoms with Gasteiger partial charge in [0.25, 0.3) is 11.8 Å². The SMILES string of the molecule is C[C@H]1[C@@H](c2ccc(F)c(F)c2OC2CCC2)[C@H](C(=O)Nc2ccnc(C(N)=O)c2)O[C@@]1(C)C(F)(F)F. The molecule has 1 aromatic heterocycles. The monoisotopic (exact) mass is 513 g/mol. The molecule has 7 nitrogen and oxygen atoms in total. The maximum absolute atomic E-state index is 14.9. The molecular formula is C24H24F5N3O4. The van der Waals surface area contributed by atoms with Gasteiger partial charge in [0.15, 0.2) is 17.2 Å². The van der Waals surface area contributed by atoms with E-state index in [9.17, 15) is 31.5 Å². The number of benzene rings is 1. The molecule has 12 heteroatoms. The summed E-state index contributed by atoms with van der Waals surface area (Å²) in [6.45, 7) is 2.04. The van der Waals surface area contributed by atoms with E-state index in [1.54, 1.807) is 0 Å². The summed E-state index contributed by atoms with van der Waals surface area (Å²) in [6, 6.07) is 4.37. The number of ether oxygens (including phenoxy) is 2. The second-order valence-corrected chi connectivity index (χ2v) is 9.19. The van der Waals surface area contributed by atoms with E-state index in [2.05, 4.69) is 10.3 Å². The molecule has 1 saturated carbocycles. The number of rotatable bonds is 6. The highest BCUT2D eigenvalue weighted by molar-refractivity contribution is 5.97. The number of hydrogen-bond donors (Lipinski definition) is 2. The third kappa shape index (κ3) is 4.49. The van der Waals surface area contributed by atoms with Crippen LogP contribution >= 0.6 is 0 Å². The highest BCUT2D eigenvalue weighted by atomic mass is 19.4. The van der Waals surface area contributed by atoms with Crippen LogP contribution in [0.25, 0.3) is 0 Å². The predicted octanol–water partition coefficient (Wildman–Crippen LogP) is 4.47. The predicted molar refractivity (Wildman–Crippen MR) is 117 cm³/mol. The Balaban J connectivity index is 1.76. The van der Waals surface area contributed by atoms with E-state index in [0.29, 0.717) is 12.8 Å². The molecule has 2 heterocycles. The normalized spacial score (nSPS) is 26.4. The number of nitrogens with zero attached hydrogens (tertiary/aromatic N) is 1. The Hall–Kier alpha value is -3.28. The van der Waals surface area contributed by atoms with Crippen molar-refractivity contribution >= 4 is 17.5 Å². The molecule has 1 saturated heterocycles. The smallest absolute Gasteiger partial charge is 0.417 e. The lowest BCUT2D eigenvalue weighted by molar-refractivity contribution is -0.272. The van der Waals surface area contributed by atoms with Gasteiger partial charge in [-0.05, 0) is 44.4 Å². The molecule has 1 aliphatic heterocycles. The van der Waals surface area contributed by atoms with Gasteiger partial charge in [0, 0.05) is 29.3 Å². The van der Waals surface area contributed by atoms with Crippen molar-refractivity contribution in [3.63, 3.8) is 0 Å². The molecular weight excluding hydrogens is 489 g/mol. The molecule has 4 atom stereocenters. The molecule has 1 aliphatic carbocycles. The van der Waals surface area contributed by atoms with E-state index in [1.807, 2.05) is 0 Å². The van der Waals surface area contributed by atoms with Crippen molar-refractivity contribution in [3.8, 4) is 5.75 Å². The molecule has 2 fully saturated rings. The first-order valence-corrected chi connectivity index (χ1v) is 11.3. The van der Waals surface area contributed by atoms with Crippen molar-refractivity contribution < 1.29 is 41.0 Å². The molecule has 2 aliphatic rings. The summed E-state index contributed by atoms with van der Waals surface area (Å²) in [6.07, 6.45) is -3.89. The number of halogens is 5. The standard InChI is InChI=1S/C24H24F5N3O4/c1-11-17(14-6-7-15(25)18(26)19(14)35-13-4-3-5-13)20(36-23(11,2)24(27,28)29)22(34)32-12-8-9-31-16(10-12)21(30)33/h6-11,13,17,20H,3-5H2,1-2H3,(H2,30,33)(H,31,32,34)/t11-,17-,20+,23+/m0/s1. The van der Waals surface area contributed by atoms with E-state index in [0.717, 1.165) is 31.5 Å². The van der Waals surface area contributed by atoms with Crippen LogP contribution in [0.5, 0.6) is 5.75 Å². The molecule has 4 rings (SSSR count). The largest absolute Gasteiger partial charge is 0.487 e. The number of pyridine rings is 1. The minimum Gasteiger partial charge on any atom is -0.487 e. The van der Waals surface area contributed by atoms with Gasteiger partial charge in [0.1, 0.15) is 11.8 Å².